The molecule has 294 valence electrons. The molecule has 0 aromatic heterocycles. The third-order valence-corrected chi connectivity index (χ3v) is 7.42. The maximum Gasteiger partial charge on any atom is 0.320 e. The molecule has 0 aliphatic carbocycles. The number of nitrogens with zero attached hydrogens (tertiary/aromatic N) is 3. The summed E-state index contributed by atoms with van der Waals surface area (Å²) in [6.07, 6.45) is 5.08. The SMILES string of the molecule is NCCCCCCOc1ccc(N=Nc2ccc(OCCOCCOCCOCC(=O)NCCCCC(C(=O)O)N(CC(=O)O)CC(=O)O)cc2)cc1. The van der Waals surface area contributed by atoms with Crippen LogP contribution in [0.1, 0.15) is 44.9 Å². The van der Waals surface area contributed by atoms with Crippen molar-refractivity contribution in [2.75, 3.05) is 79.0 Å². The summed E-state index contributed by atoms with van der Waals surface area (Å²) in [5, 5.41) is 38.5. The highest BCUT2D eigenvalue weighted by molar-refractivity contribution is 5.78. The first kappa shape index (κ1) is 44.5. The summed E-state index contributed by atoms with van der Waals surface area (Å²) in [6, 6.07) is 13.5. The number of ether oxygens (including phenoxy) is 5. The van der Waals surface area contributed by atoms with Gasteiger partial charge in [0.1, 0.15) is 30.8 Å². The van der Waals surface area contributed by atoms with Crippen molar-refractivity contribution in [1.82, 2.24) is 10.2 Å². The molecule has 0 spiro atoms. The third kappa shape index (κ3) is 22.1. The topological polar surface area (TPSA) is 241 Å². The fraction of sp³-hybridized carbons (Fsp3) is 0.556. The quantitative estimate of drug-likeness (QED) is 0.0531. The van der Waals surface area contributed by atoms with E-state index in [1.807, 2.05) is 48.5 Å². The van der Waals surface area contributed by atoms with Crippen molar-refractivity contribution >= 4 is 35.2 Å². The Morgan fingerprint density at radius 1 is 0.642 bits per heavy atom. The van der Waals surface area contributed by atoms with Gasteiger partial charge in [0, 0.05) is 6.54 Å². The summed E-state index contributed by atoms with van der Waals surface area (Å²) >= 11 is 0. The summed E-state index contributed by atoms with van der Waals surface area (Å²) in [6.45, 7) is 1.98. The predicted molar refractivity (Wildman–Crippen MR) is 193 cm³/mol. The normalized spacial score (nSPS) is 11.8. The van der Waals surface area contributed by atoms with Crippen molar-refractivity contribution in [1.29, 1.82) is 0 Å². The average molecular weight is 748 g/mol. The van der Waals surface area contributed by atoms with Crippen LogP contribution in [0.4, 0.5) is 11.4 Å². The number of hydrogen-bond acceptors (Lipinski definition) is 13. The average Bonchev–Trinajstić information content (AvgIpc) is 3.12. The summed E-state index contributed by atoms with van der Waals surface area (Å²) in [5.74, 6) is -2.82. The molecule has 17 nitrogen and oxygen atoms in total. The first-order valence-corrected chi connectivity index (χ1v) is 17.7. The van der Waals surface area contributed by atoms with Crippen LogP contribution in [0.5, 0.6) is 11.5 Å². The lowest BCUT2D eigenvalue weighted by Gasteiger charge is -2.25. The van der Waals surface area contributed by atoms with Gasteiger partial charge in [-0.1, -0.05) is 12.8 Å². The minimum Gasteiger partial charge on any atom is -0.494 e. The number of benzene rings is 2. The first-order chi connectivity index (χ1) is 25.7. The van der Waals surface area contributed by atoms with Gasteiger partial charge in [0.2, 0.25) is 5.91 Å². The maximum atomic E-state index is 11.9. The van der Waals surface area contributed by atoms with Crippen molar-refractivity contribution in [2.24, 2.45) is 16.0 Å². The minimum absolute atomic E-state index is 0.0316. The standard InChI is InChI=1S/C36H53N5O12/c37-16-4-1-2-6-18-52-30-12-8-28(9-13-30)39-40-29-10-14-31(15-11-29)53-24-23-50-20-19-49-21-22-51-27-33(42)38-17-5-3-7-32(36(47)48)41(25-34(43)44)26-35(45)46/h8-15,32H,1-7,16-27,37H2,(H,38,42)(H,43,44)(H,45,46)(H,47,48). The van der Waals surface area contributed by atoms with Gasteiger partial charge in [-0.2, -0.15) is 10.2 Å². The van der Waals surface area contributed by atoms with E-state index in [-0.39, 0.29) is 38.7 Å². The van der Waals surface area contributed by atoms with Gasteiger partial charge >= 0.3 is 17.9 Å². The van der Waals surface area contributed by atoms with Crippen LogP contribution in [0, 0.1) is 0 Å². The number of carboxylic acids is 3. The lowest BCUT2D eigenvalue weighted by Crippen LogP contribution is -2.46. The van der Waals surface area contributed by atoms with E-state index in [0.717, 1.165) is 48.6 Å². The number of aliphatic carboxylic acids is 3. The Hall–Kier alpha value is -4.68. The number of carbonyl (C=O) groups is 4. The van der Waals surface area contributed by atoms with E-state index in [2.05, 4.69) is 15.5 Å². The van der Waals surface area contributed by atoms with Crippen molar-refractivity contribution in [3.63, 3.8) is 0 Å². The van der Waals surface area contributed by atoms with E-state index in [9.17, 15) is 24.3 Å². The van der Waals surface area contributed by atoms with E-state index >= 15 is 0 Å². The van der Waals surface area contributed by atoms with Crippen LogP contribution in [0.15, 0.2) is 58.8 Å². The van der Waals surface area contributed by atoms with Gasteiger partial charge in [-0.3, -0.25) is 24.1 Å². The zero-order valence-electron chi connectivity index (χ0n) is 30.1. The molecule has 1 unspecified atom stereocenters. The Kier molecular flexibility index (Phi) is 23.4. The zero-order valence-corrected chi connectivity index (χ0v) is 30.1. The van der Waals surface area contributed by atoms with Gasteiger partial charge in [-0.15, -0.1) is 0 Å². The molecule has 0 radical (unpaired) electrons. The van der Waals surface area contributed by atoms with Crippen molar-refractivity contribution in [2.45, 2.75) is 51.0 Å². The van der Waals surface area contributed by atoms with Crippen LogP contribution >= 0.6 is 0 Å². The van der Waals surface area contributed by atoms with Gasteiger partial charge in [0.15, 0.2) is 0 Å². The highest BCUT2D eigenvalue weighted by Crippen LogP contribution is 2.23. The molecule has 53 heavy (non-hydrogen) atoms. The second kappa shape index (κ2) is 27.9. The summed E-state index contributed by atoms with van der Waals surface area (Å²) in [7, 11) is 0. The highest BCUT2D eigenvalue weighted by Gasteiger charge is 2.28. The monoisotopic (exact) mass is 747 g/mol. The molecule has 0 fully saturated rings. The second-order valence-corrected chi connectivity index (χ2v) is 11.8. The van der Waals surface area contributed by atoms with Gasteiger partial charge in [-0.05, 0) is 87.2 Å². The number of carbonyl (C=O) groups excluding carboxylic acids is 1. The molecule has 0 saturated heterocycles. The van der Waals surface area contributed by atoms with Gasteiger partial charge in [-0.25, -0.2) is 0 Å². The molecule has 6 N–H and O–H groups in total. The molecule has 1 atom stereocenters. The maximum absolute atomic E-state index is 11.9. The van der Waals surface area contributed by atoms with E-state index in [1.54, 1.807) is 0 Å². The van der Waals surface area contributed by atoms with E-state index in [0.29, 0.717) is 57.3 Å². The predicted octanol–water partition coefficient (Wildman–Crippen LogP) is 3.64. The summed E-state index contributed by atoms with van der Waals surface area (Å²) < 4.78 is 27.7. The zero-order chi connectivity index (χ0) is 38.5. The van der Waals surface area contributed by atoms with Crippen LogP contribution in [0.3, 0.4) is 0 Å². The largest absolute Gasteiger partial charge is 0.494 e. The number of nitrogens with one attached hydrogen (secondary N) is 1. The van der Waals surface area contributed by atoms with Crippen molar-refractivity contribution in [3.8, 4) is 11.5 Å². The highest BCUT2D eigenvalue weighted by atomic mass is 16.6. The number of hydrogen-bond donors (Lipinski definition) is 5. The fourth-order valence-electron chi connectivity index (χ4n) is 4.77. The summed E-state index contributed by atoms with van der Waals surface area (Å²) in [4.78, 5) is 46.3. The lowest BCUT2D eigenvalue weighted by molar-refractivity contribution is -0.149. The molecule has 0 saturated carbocycles. The Morgan fingerprint density at radius 3 is 1.68 bits per heavy atom. The molecular weight excluding hydrogens is 694 g/mol. The van der Waals surface area contributed by atoms with E-state index in [1.165, 1.54) is 0 Å². The Labute approximate surface area is 309 Å². The van der Waals surface area contributed by atoms with Gasteiger partial charge < -0.3 is 50.1 Å². The van der Waals surface area contributed by atoms with Crippen LogP contribution in [0.25, 0.3) is 0 Å². The minimum atomic E-state index is -1.32. The molecule has 0 aliphatic rings. The van der Waals surface area contributed by atoms with Crippen LogP contribution in [-0.4, -0.2) is 129 Å². The Morgan fingerprint density at radius 2 is 1.15 bits per heavy atom. The number of azo groups is 1. The Balaban J connectivity index is 1.46. The second-order valence-electron chi connectivity index (χ2n) is 11.8. The fourth-order valence-corrected chi connectivity index (χ4v) is 4.77. The molecule has 2 aromatic carbocycles. The van der Waals surface area contributed by atoms with Crippen LogP contribution in [-0.2, 0) is 33.4 Å². The van der Waals surface area contributed by atoms with E-state index < -0.39 is 37.0 Å². The van der Waals surface area contributed by atoms with Gasteiger partial charge in [0.05, 0.1) is 64.1 Å². The van der Waals surface area contributed by atoms with E-state index in [4.69, 9.17) is 39.6 Å². The smallest absolute Gasteiger partial charge is 0.320 e. The van der Waals surface area contributed by atoms with Crippen LogP contribution < -0.4 is 20.5 Å². The van der Waals surface area contributed by atoms with Gasteiger partial charge in [0.25, 0.3) is 0 Å². The number of nitrogens with two attached hydrogens (primary N) is 1. The van der Waals surface area contributed by atoms with Crippen LogP contribution in [0.2, 0.25) is 0 Å². The number of rotatable bonds is 32. The molecule has 2 aromatic rings. The molecule has 0 heterocycles. The van der Waals surface area contributed by atoms with Crippen molar-refractivity contribution < 1.29 is 58.2 Å². The lowest BCUT2D eigenvalue weighted by atomic mass is 10.1. The number of amides is 1. The number of unbranched alkanes of at least 4 members (excludes halogenated alkanes) is 4. The third-order valence-electron chi connectivity index (χ3n) is 7.42. The molecule has 0 aliphatic heterocycles. The van der Waals surface area contributed by atoms with Crippen molar-refractivity contribution in [3.05, 3.63) is 48.5 Å². The first-order valence-electron chi connectivity index (χ1n) is 17.7. The molecule has 17 heteroatoms. The molecule has 0 bridgehead atoms. The molecule has 2 rings (SSSR count). The summed E-state index contributed by atoms with van der Waals surface area (Å²) in [5.41, 5.74) is 6.93. The number of carboxylic acid groups (broad SMARTS) is 3. The molecular formula is C36H53N5O12. The molecule has 1 amide bonds. The Bertz CT molecular complexity index is 1350.